The van der Waals surface area contributed by atoms with Crippen LogP contribution in [0.3, 0.4) is 0 Å². The molecule has 0 aliphatic carbocycles. The van der Waals surface area contributed by atoms with Gasteiger partial charge in [0.05, 0.1) is 18.4 Å². The molecular formula is C10H9BrF4O. The fraction of sp³-hybridized carbons (Fsp3) is 0.400. The van der Waals surface area contributed by atoms with E-state index in [9.17, 15) is 17.6 Å². The number of benzene rings is 1. The van der Waals surface area contributed by atoms with Gasteiger partial charge >= 0.3 is 6.18 Å². The van der Waals surface area contributed by atoms with E-state index in [0.717, 1.165) is 6.07 Å². The average Bonchev–Trinajstić information content (AvgIpc) is 2.14. The lowest BCUT2D eigenvalue weighted by atomic mass is 10.1. The van der Waals surface area contributed by atoms with E-state index in [1.165, 1.54) is 19.2 Å². The molecule has 1 aromatic rings. The van der Waals surface area contributed by atoms with Crippen molar-refractivity contribution >= 4 is 15.9 Å². The Bertz CT molecular complexity index is 364. The Hall–Kier alpha value is -0.780. The van der Waals surface area contributed by atoms with Gasteiger partial charge in [0.15, 0.2) is 0 Å². The minimum absolute atomic E-state index is 0.0295. The Balaban J connectivity index is 2.88. The van der Waals surface area contributed by atoms with Crippen molar-refractivity contribution in [1.29, 1.82) is 0 Å². The van der Waals surface area contributed by atoms with Gasteiger partial charge in [-0.15, -0.1) is 0 Å². The first-order valence-corrected chi connectivity index (χ1v) is 5.29. The van der Waals surface area contributed by atoms with Crippen molar-refractivity contribution in [1.82, 2.24) is 0 Å². The van der Waals surface area contributed by atoms with Crippen LogP contribution in [0, 0.1) is 5.82 Å². The molecule has 0 saturated carbocycles. The zero-order chi connectivity index (χ0) is 12.3. The molecule has 0 radical (unpaired) electrons. The molecule has 0 aromatic heterocycles. The van der Waals surface area contributed by atoms with Gasteiger partial charge in [-0.05, 0) is 6.07 Å². The number of rotatable bonds is 3. The van der Waals surface area contributed by atoms with Crippen LogP contribution in [-0.4, -0.2) is 13.3 Å². The van der Waals surface area contributed by atoms with Crippen LogP contribution in [0.5, 0.6) is 5.75 Å². The molecule has 0 fully saturated rings. The molecule has 90 valence electrons. The van der Waals surface area contributed by atoms with Crippen molar-refractivity contribution < 1.29 is 22.3 Å². The minimum atomic E-state index is -4.33. The molecule has 0 bridgehead atoms. The molecule has 0 spiro atoms. The first-order valence-electron chi connectivity index (χ1n) is 4.38. The van der Waals surface area contributed by atoms with E-state index >= 15 is 0 Å². The van der Waals surface area contributed by atoms with Crippen molar-refractivity contribution in [2.45, 2.75) is 17.4 Å². The topological polar surface area (TPSA) is 9.23 Å². The van der Waals surface area contributed by atoms with Crippen LogP contribution in [0.1, 0.15) is 16.8 Å². The summed E-state index contributed by atoms with van der Waals surface area (Å²) in [6.07, 6.45) is -5.45. The highest BCUT2D eigenvalue weighted by atomic mass is 79.9. The van der Waals surface area contributed by atoms with E-state index in [-0.39, 0.29) is 11.3 Å². The molecule has 0 amide bonds. The monoisotopic (exact) mass is 300 g/mol. The summed E-state index contributed by atoms with van der Waals surface area (Å²) in [7, 11) is 1.36. The normalized spacial score (nSPS) is 13.6. The molecule has 0 aliphatic rings. The number of alkyl halides is 4. The molecule has 1 rings (SSSR count). The van der Waals surface area contributed by atoms with E-state index in [0.29, 0.717) is 0 Å². The summed E-state index contributed by atoms with van der Waals surface area (Å²) in [4.78, 5) is -1.08. The Labute approximate surface area is 98.5 Å². The molecule has 0 N–H and O–H groups in total. The van der Waals surface area contributed by atoms with Crippen LogP contribution in [0.4, 0.5) is 17.6 Å². The van der Waals surface area contributed by atoms with Crippen LogP contribution < -0.4 is 4.74 Å². The Morgan fingerprint density at radius 1 is 1.38 bits per heavy atom. The third kappa shape index (κ3) is 3.66. The summed E-state index contributed by atoms with van der Waals surface area (Å²) in [5.74, 6) is -0.446. The lowest BCUT2D eigenvalue weighted by molar-refractivity contribution is -0.134. The summed E-state index contributed by atoms with van der Waals surface area (Å²) >= 11 is 2.82. The molecule has 1 atom stereocenters. The highest BCUT2D eigenvalue weighted by molar-refractivity contribution is 9.09. The Morgan fingerprint density at radius 2 is 2.00 bits per heavy atom. The minimum Gasteiger partial charge on any atom is -0.497 e. The van der Waals surface area contributed by atoms with Gasteiger partial charge in [-0.1, -0.05) is 22.0 Å². The SMILES string of the molecule is COc1ccc(C(Br)CC(F)(F)F)c(F)c1. The highest BCUT2D eigenvalue weighted by Gasteiger charge is 2.32. The van der Waals surface area contributed by atoms with Gasteiger partial charge in [-0.3, -0.25) is 0 Å². The van der Waals surface area contributed by atoms with Crippen LogP contribution in [0.2, 0.25) is 0 Å². The maximum absolute atomic E-state index is 13.4. The fourth-order valence-corrected chi connectivity index (χ4v) is 1.94. The van der Waals surface area contributed by atoms with Gasteiger partial charge in [-0.2, -0.15) is 13.2 Å². The van der Waals surface area contributed by atoms with Crippen molar-refractivity contribution in [2.24, 2.45) is 0 Å². The average molecular weight is 301 g/mol. The summed E-state index contributed by atoms with van der Waals surface area (Å²) in [6.45, 7) is 0. The van der Waals surface area contributed by atoms with Gasteiger partial charge in [-0.25, -0.2) is 4.39 Å². The van der Waals surface area contributed by atoms with Crippen molar-refractivity contribution in [3.8, 4) is 5.75 Å². The van der Waals surface area contributed by atoms with Gasteiger partial charge in [0.2, 0.25) is 0 Å². The molecule has 0 heterocycles. The number of hydrogen-bond acceptors (Lipinski definition) is 1. The molecular weight excluding hydrogens is 292 g/mol. The quantitative estimate of drug-likeness (QED) is 0.600. The predicted octanol–water partition coefficient (Wildman–Crippen LogP) is 4.22. The van der Waals surface area contributed by atoms with E-state index in [1.54, 1.807) is 0 Å². The number of hydrogen-bond donors (Lipinski definition) is 0. The second kappa shape index (κ2) is 5.03. The molecule has 1 nitrogen and oxygen atoms in total. The van der Waals surface area contributed by atoms with Gasteiger partial charge in [0.1, 0.15) is 11.6 Å². The Kier molecular flexibility index (Phi) is 4.18. The number of methoxy groups -OCH3 is 1. The predicted molar refractivity (Wildman–Crippen MR) is 55.3 cm³/mol. The maximum atomic E-state index is 13.4. The highest BCUT2D eigenvalue weighted by Crippen LogP contribution is 2.37. The third-order valence-electron chi connectivity index (χ3n) is 1.96. The van der Waals surface area contributed by atoms with Gasteiger partial charge < -0.3 is 4.74 Å². The van der Waals surface area contributed by atoms with Crippen LogP contribution in [0.25, 0.3) is 0 Å². The van der Waals surface area contributed by atoms with Crippen molar-refractivity contribution in [3.63, 3.8) is 0 Å². The molecule has 6 heteroatoms. The standard InChI is InChI=1S/C10H9BrF4O/c1-16-6-2-3-7(9(12)4-6)8(11)5-10(13,14)15/h2-4,8H,5H2,1H3. The Morgan fingerprint density at radius 3 is 2.44 bits per heavy atom. The number of ether oxygens (including phenoxy) is 1. The van der Waals surface area contributed by atoms with Crippen LogP contribution in [-0.2, 0) is 0 Å². The molecule has 16 heavy (non-hydrogen) atoms. The summed E-state index contributed by atoms with van der Waals surface area (Å²) in [6, 6.07) is 3.75. The molecule has 0 aliphatic heterocycles. The maximum Gasteiger partial charge on any atom is 0.390 e. The van der Waals surface area contributed by atoms with Crippen LogP contribution >= 0.6 is 15.9 Å². The van der Waals surface area contributed by atoms with E-state index in [1.807, 2.05) is 0 Å². The summed E-state index contributed by atoms with van der Waals surface area (Å²) in [5.41, 5.74) is -0.0295. The van der Waals surface area contributed by atoms with E-state index in [4.69, 9.17) is 4.74 Å². The van der Waals surface area contributed by atoms with Gasteiger partial charge in [0.25, 0.3) is 0 Å². The first kappa shape index (κ1) is 13.3. The summed E-state index contributed by atoms with van der Waals surface area (Å²) in [5, 5.41) is 0. The zero-order valence-electron chi connectivity index (χ0n) is 8.31. The second-order valence-corrected chi connectivity index (χ2v) is 4.28. The lowest BCUT2D eigenvalue weighted by Crippen LogP contribution is -2.11. The van der Waals surface area contributed by atoms with Crippen molar-refractivity contribution in [2.75, 3.05) is 7.11 Å². The lowest BCUT2D eigenvalue weighted by Gasteiger charge is -2.14. The smallest absolute Gasteiger partial charge is 0.390 e. The summed E-state index contributed by atoms with van der Waals surface area (Å²) < 4.78 is 54.4. The number of halogens is 5. The third-order valence-corrected chi connectivity index (χ3v) is 2.77. The molecule has 1 unspecified atom stereocenters. The second-order valence-electron chi connectivity index (χ2n) is 3.17. The van der Waals surface area contributed by atoms with E-state index < -0.39 is 23.2 Å². The molecule has 0 saturated heterocycles. The molecule has 1 aromatic carbocycles. The zero-order valence-corrected chi connectivity index (χ0v) is 9.90. The first-order chi connectivity index (χ1) is 7.33. The fourth-order valence-electron chi connectivity index (χ4n) is 1.20. The largest absolute Gasteiger partial charge is 0.497 e. The van der Waals surface area contributed by atoms with Gasteiger partial charge in [0, 0.05) is 11.6 Å². The van der Waals surface area contributed by atoms with Crippen LogP contribution in [0.15, 0.2) is 18.2 Å². The van der Waals surface area contributed by atoms with Crippen molar-refractivity contribution in [3.05, 3.63) is 29.6 Å². The van der Waals surface area contributed by atoms with E-state index in [2.05, 4.69) is 15.9 Å².